The molecular weight excluding hydrogens is 188 g/mol. The molecule has 0 saturated heterocycles. The molecule has 1 rings (SSSR count). The van der Waals surface area contributed by atoms with Crippen molar-refractivity contribution >= 4 is 0 Å². The number of hydrogen-bond donors (Lipinski definition) is 2. The first-order valence-electron chi connectivity index (χ1n) is 6.03. The number of nitrogens with one attached hydrogen (secondary N) is 2. The van der Waals surface area contributed by atoms with Gasteiger partial charge in [-0.3, -0.25) is 10.0 Å². The van der Waals surface area contributed by atoms with E-state index in [1.54, 1.807) is 0 Å². The summed E-state index contributed by atoms with van der Waals surface area (Å²) in [6.45, 7) is 10.6. The highest BCUT2D eigenvalue weighted by Gasteiger charge is 2.29. The quantitative estimate of drug-likeness (QED) is 0.701. The summed E-state index contributed by atoms with van der Waals surface area (Å²) in [5.74, 6) is 0. The minimum atomic E-state index is 0.403. The van der Waals surface area contributed by atoms with Crippen LogP contribution in [0.4, 0.5) is 0 Å². The van der Waals surface area contributed by atoms with E-state index in [-0.39, 0.29) is 0 Å². The second kappa shape index (κ2) is 5.98. The Morgan fingerprint density at radius 2 is 1.80 bits per heavy atom. The van der Waals surface area contributed by atoms with E-state index in [1.807, 2.05) is 0 Å². The fourth-order valence-corrected chi connectivity index (χ4v) is 1.98. The highest BCUT2D eigenvalue weighted by molar-refractivity contribution is 5.07. The Balaban J connectivity index is 2.72. The summed E-state index contributed by atoms with van der Waals surface area (Å²) in [5, 5.41) is 4.49. The maximum Gasteiger partial charge on any atom is 0.130 e. The molecule has 0 aromatic carbocycles. The molecule has 15 heavy (non-hydrogen) atoms. The third-order valence-electron chi connectivity index (χ3n) is 2.61. The standard InChI is InChI=1S/C11H24N4/c1-5-10-9-14(12-7-3)11(6-2)15(10)13-8-4/h9,11-13H,5-8H2,1-4H3. The van der Waals surface area contributed by atoms with Crippen LogP contribution >= 0.6 is 0 Å². The zero-order chi connectivity index (χ0) is 11.3. The minimum Gasteiger partial charge on any atom is -0.290 e. The molecule has 0 aromatic heterocycles. The number of hydrazine groups is 2. The molecule has 88 valence electrons. The lowest BCUT2D eigenvalue weighted by Gasteiger charge is -2.33. The molecule has 0 aliphatic carbocycles. The van der Waals surface area contributed by atoms with Gasteiger partial charge in [-0.1, -0.05) is 27.7 Å². The Bertz CT molecular complexity index is 215. The van der Waals surface area contributed by atoms with Crippen LogP contribution in [0.15, 0.2) is 11.9 Å². The van der Waals surface area contributed by atoms with Crippen LogP contribution in [0.5, 0.6) is 0 Å². The van der Waals surface area contributed by atoms with Crippen molar-refractivity contribution in [3.8, 4) is 0 Å². The zero-order valence-electron chi connectivity index (χ0n) is 10.4. The molecule has 0 saturated carbocycles. The van der Waals surface area contributed by atoms with E-state index in [2.05, 4.69) is 54.8 Å². The molecule has 1 heterocycles. The van der Waals surface area contributed by atoms with E-state index >= 15 is 0 Å². The highest BCUT2D eigenvalue weighted by Crippen LogP contribution is 2.23. The summed E-state index contributed by atoms with van der Waals surface area (Å²) >= 11 is 0. The zero-order valence-corrected chi connectivity index (χ0v) is 10.4. The summed E-state index contributed by atoms with van der Waals surface area (Å²) < 4.78 is 0. The molecule has 0 fully saturated rings. The van der Waals surface area contributed by atoms with Gasteiger partial charge in [-0.15, -0.1) is 0 Å². The molecule has 0 radical (unpaired) electrons. The van der Waals surface area contributed by atoms with Gasteiger partial charge in [0.2, 0.25) is 0 Å². The van der Waals surface area contributed by atoms with Crippen molar-refractivity contribution in [2.24, 2.45) is 0 Å². The fraction of sp³-hybridized carbons (Fsp3) is 0.818. The topological polar surface area (TPSA) is 30.5 Å². The number of rotatable bonds is 6. The van der Waals surface area contributed by atoms with Crippen LogP contribution in [0.3, 0.4) is 0 Å². The molecule has 0 amide bonds. The summed E-state index contributed by atoms with van der Waals surface area (Å²) in [6, 6.07) is 0. The van der Waals surface area contributed by atoms with Crippen molar-refractivity contribution in [1.29, 1.82) is 0 Å². The van der Waals surface area contributed by atoms with Crippen molar-refractivity contribution in [1.82, 2.24) is 20.9 Å². The summed E-state index contributed by atoms with van der Waals surface area (Å²) in [6.07, 6.45) is 4.77. The van der Waals surface area contributed by atoms with Crippen molar-refractivity contribution in [2.45, 2.75) is 46.7 Å². The molecule has 0 spiro atoms. The van der Waals surface area contributed by atoms with Crippen LogP contribution in [0.2, 0.25) is 0 Å². The predicted molar refractivity (Wildman–Crippen MR) is 63.5 cm³/mol. The average molecular weight is 212 g/mol. The Morgan fingerprint density at radius 1 is 1.13 bits per heavy atom. The molecule has 1 aliphatic heterocycles. The monoisotopic (exact) mass is 212 g/mol. The largest absolute Gasteiger partial charge is 0.290 e. The van der Waals surface area contributed by atoms with Crippen LogP contribution in [0.1, 0.15) is 40.5 Å². The molecule has 1 unspecified atom stereocenters. The van der Waals surface area contributed by atoms with E-state index in [9.17, 15) is 0 Å². The first kappa shape index (κ1) is 12.3. The molecule has 4 heteroatoms. The van der Waals surface area contributed by atoms with Gasteiger partial charge in [0.25, 0.3) is 0 Å². The molecular formula is C11H24N4. The summed E-state index contributed by atoms with van der Waals surface area (Å²) in [7, 11) is 0. The smallest absolute Gasteiger partial charge is 0.130 e. The van der Waals surface area contributed by atoms with Crippen molar-refractivity contribution in [2.75, 3.05) is 13.1 Å². The Kier molecular flexibility index (Phi) is 4.91. The van der Waals surface area contributed by atoms with Crippen LogP contribution in [0, 0.1) is 0 Å². The summed E-state index contributed by atoms with van der Waals surface area (Å²) in [5.41, 5.74) is 8.14. The first-order chi connectivity index (χ1) is 7.28. The maximum absolute atomic E-state index is 3.42. The third-order valence-corrected chi connectivity index (χ3v) is 2.61. The lowest BCUT2D eigenvalue weighted by molar-refractivity contribution is 0.0642. The van der Waals surface area contributed by atoms with Gasteiger partial charge in [-0.25, -0.2) is 10.9 Å². The van der Waals surface area contributed by atoms with E-state index < -0.39 is 0 Å². The van der Waals surface area contributed by atoms with Gasteiger partial charge in [-0.2, -0.15) is 0 Å². The second-order valence-electron chi connectivity index (χ2n) is 3.66. The summed E-state index contributed by atoms with van der Waals surface area (Å²) in [4.78, 5) is 0. The molecule has 2 N–H and O–H groups in total. The van der Waals surface area contributed by atoms with E-state index in [0.717, 1.165) is 25.9 Å². The van der Waals surface area contributed by atoms with E-state index in [0.29, 0.717) is 6.17 Å². The average Bonchev–Trinajstić information content (AvgIpc) is 2.57. The first-order valence-corrected chi connectivity index (χ1v) is 6.03. The lowest BCUT2D eigenvalue weighted by atomic mass is 10.3. The van der Waals surface area contributed by atoms with Gasteiger partial charge >= 0.3 is 0 Å². The number of allylic oxidation sites excluding steroid dienone is 1. The predicted octanol–water partition coefficient (Wildman–Crippen LogP) is 1.64. The molecule has 0 bridgehead atoms. The van der Waals surface area contributed by atoms with Crippen molar-refractivity contribution in [3.63, 3.8) is 0 Å². The van der Waals surface area contributed by atoms with E-state index in [1.165, 1.54) is 5.70 Å². The molecule has 0 aromatic rings. The SMILES string of the molecule is CCNN1C=C(CC)N(NCC)C1CC. The molecule has 1 aliphatic rings. The van der Waals surface area contributed by atoms with E-state index in [4.69, 9.17) is 0 Å². The number of nitrogens with zero attached hydrogens (tertiary/aromatic N) is 2. The maximum atomic E-state index is 3.42. The third kappa shape index (κ3) is 2.63. The normalized spacial score (nSPS) is 21.1. The van der Waals surface area contributed by atoms with Crippen LogP contribution in [-0.4, -0.2) is 29.3 Å². The van der Waals surface area contributed by atoms with Gasteiger partial charge in [-0.05, 0) is 12.8 Å². The Labute approximate surface area is 93.3 Å². The van der Waals surface area contributed by atoms with Crippen LogP contribution in [0.25, 0.3) is 0 Å². The van der Waals surface area contributed by atoms with Gasteiger partial charge in [0.05, 0.1) is 0 Å². The fourth-order valence-electron chi connectivity index (χ4n) is 1.98. The van der Waals surface area contributed by atoms with Gasteiger partial charge in [0.15, 0.2) is 0 Å². The van der Waals surface area contributed by atoms with Crippen molar-refractivity contribution < 1.29 is 0 Å². The lowest BCUT2D eigenvalue weighted by Crippen LogP contribution is -2.50. The number of hydrogen-bond acceptors (Lipinski definition) is 4. The molecule has 4 nitrogen and oxygen atoms in total. The van der Waals surface area contributed by atoms with Crippen LogP contribution < -0.4 is 10.9 Å². The minimum absolute atomic E-state index is 0.403. The van der Waals surface area contributed by atoms with Gasteiger partial charge in [0.1, 0.15) is 6.17 Å². The Hall–Kier alpha value is -0.740. The van der Waals surface area contributed by atoms with Gasteiger partial charge in [0, 0.05) is 25.0 Å². The van der Waals surface area contributed by atoms with Gasteiger partial charge < -0.3 is 0 Å². The van der Waals surface area contributed by atoms with Crippen LogP contribution in [-0.2, 0) is 0 Å². The second-order valence-corrected chi connectivity index (χ2v) is 3.66. The van der Waals surface area contributed by atoms with Crippen molar-refractivity contribution in [3.05, 3.63) is 11.9 Å². The molecule has 1 atom stereocenters. The highest BCUT2D eigenvalue weighted by atomic mass is 15.7. The Morgan fingerprint density at radius 3 is 2.27 bits per heavy atom.